The molecule has 0 amide bonds. The van der Waals surface area contributed by atoms with Crippen molar-refractivity contribution in [2.75, 3.05) is 20.8 Å². The van der Waals surface area contributed by atoms with Gasteiger partial charge in [-0.1, -0.05) is 23.7 Å². The second kappa shape index (κ2) is 9.02. The maximum absolute atomic E-state index is 12.5. The van der Waals surface area contributed by atoms with Gasteiger partial charge in [0.05, 0.1) is 26.7 Å². The van der Waals surface area contributed by atoms with Crippen molar-refractivity contribution in [1.82, 2.24) is 0 Å². The first-order valence-electron chi connectivity index (χ1n) is 6.99. The Bertz CT molecular complexity index is 608. The molecule has 1 atom stereocenters. The average Bonchev–Trinajstić information content (AvgIpc) is 2.59. The maximum atomic E-state index is 12.5. The molecule has 0 unspecified atom stereocenters. The van der Waals surface area contributed by atoms with E-state index >= 15 is 0 Å². The summed E-state index contributed by atoms with van der Waals surface area (Å²) in [6.45, 7) is 1.50. The Morgan fingerprint density at radius 1 is 1.00 bits per heavy atom. The molecule has 0 saturated heterocycles. The fourth-order valence-electron chi connectivity index (χ4n) is 2.12. The van der Waals surface area contributed by atoms with E-state index in [0.29, 0.717) is 5.02 Å². The Kier molecular flexibility index (Phi) is 7.38. The van der Waals surface area contributed by atoms with Crippen molar-refractivity contribution in [2.45, 2.75) is 12.8 Å². The zero-order chi connectivity index (χ0) is 18.3. The Hall–Kier alpha value is -2.41. The number of ketones is 1. The first-order chi connectivity index (χ1) is 11.4. The molecule has 0 heterocycles. The van der Waals surface area contributed by atoms with Crippen molar-refractivity contribution < 1.29 is 33.4 Å². The van der Waals surface area contributed by atoms with Crippen LogP contribution in [-0.2, 0) is 33.4 Å². The summed E-state index contributed by atoms with van der Waals surface area (Å²) in [6, 6.07) is 5.80. The van der Waals surface area contributed by atoms with Gasteiger partial charge >= 0.3 is 17.9 Å². The van der Waals surface area contributed by atoms with Crippen molar-refractivity contribution >= 4 is 35.3 Å². The molecule has 1 aromatic carbocycles. The summed E-state index contributed by atoms with van der Waals surface area (Å²) >= 11 is 5.81. The highest BCUT2D eigenvalue weighted by Crippen LogP contribution is 2.29. The lowest BCUT2D eigenvalue weighted by Gasteiger charge is -2.22. The highest BCUT2D eigenvalue weighted by Gasteiger charge is 2.44. The van der Waals surface area contributed by atoms with Gasteiger partial charge in [0.2, 0.25) is 5.78 Å². The fraction of sp³-hybridized carbons (Fsp3) is 0.375. The summed E-state index contributed by atoms with van der Waals surface area (Å²) < 4.78 is 13.9. The molecule has 1 rings (SSSR count). The molecular formula is C16H17ClO7. The van der Waals surface area contributed by atoms with Crippen LogP contribution in [0.15, 0.2) is 24.3 Å². The van der Waals surface area contributed by atoms with Crippen molar-refractivity contribution in [1.29, 1.82) is 0 Å². The maximum Gasteiger partial charge on any atom is 0.375 e. The standard InChI is InChI=1S/C16H17ClO7/c1-4-24-16(21)13(18)11(9-5-7-10(17)8-6-9)12(14(19)22-2)15(20)23-3/h5-8,11-12H,4H2,1-3H3/t11-/m1/s1. The summed E-state index contributed by atoms with van der Waals surface area (Å²) in [5.41, 5.74) is 0.234. The Labute approximate surface area is 143 Å². The summed E-state index contributed by atoms with van der Waals surface area (Å²) in [5.74, 6) is -7.30. The number of hydrogen-bond acceptors (Lipinski definition) is 7. The van der Waals surface area contributed by atoms with Crippen LogP contribution in [0.4, 0.5) is 0 Å². The van der Waals surface area contributed by atoms with Gasteiger partial charge in [-0.3, -0.25) is 14.4 Å². The van der Waals surface area contributed by atoms with E-state index in [1.807, 2.05) is 0 Å². The Morgan fingerprint density at radius 2 is 1.50 bits per heavy atom. The number of hydrogen-bond donors (Lipinski definition) is 0. The number of rotatable bonds is 7. The molecule has 0 radical (unpaired) electrons. The predicted molar refractivity (Wildman–Crippen MR) is 83.4 cm³/mol. The number of carbonyl (C=O) groups is 4. The monoisotopic (exact) mass is 356 g/mol. The lowest BCUT2D eigenvalue weighted by molar-refractivity contribution is -0.163. The molecule has 7 nitrogen and oxygen atoms in total. The van der Waals surface area contributed by atoms with Gasteiger partial charge in [-0.05, 0) is 24.6 Å². The zero-order valence-electron chi connectivity index (χ0n) is 13.4. The van der Waals surface area contributed by atoms with E-state index < -0.39 is 35.5 Å². The van der Waals surface area contributed by atoms with E-state index in [0.717, 1.165) is 14.2 Å². The van der Waals surface area contributed by atoms with Crippen LogP contribution in [0.3, 0.4) is 0 Å². The number of Topliss-reactive ketones (excluding diaryl/α,β-unsaturated/α-hetero) is 1. The minimum Gasteiger partial charge on any atom is -0.468 e. The van der Waals surface area contributed by atoms with Crippen LogP contribution in [0.2, 0.25) is 5.02 Å². The topological polar surface area (TPSA) is 96.0 Å². The van der Waals surface area contributed by atoms with E-state index in [9.17, 15) is 19.2 Å². The summed E-state index contributed by atoms with van der Waals surface area (Å²) in [7, 11) is 2.12. The SMILES string of the molecule is CCOC(=O)C(=O)[C@H](c1ccc(Cl)cc1)C(C(=O)OC)C(=O)OC. The quantitative estimate of drug-likeness (QED) is 0.316. The third-order valence-electron chi connectivity index (χ3n) is 3.23. The average molecular weight is 357 g/mol. The zero-order valence-corrected chi connectivity index (χ0v) is 14.2. The molecule has 1 aromatic rings. The molecule has 0 aliphatic carbocycles. The molecule has 0 aliphatic heterocycles. The number of esters is 3. The lowest BCUT2D eigenvalue weighted by atomic mass is 9.82. The molecular weight excluding hydrogens is 340 g/mol. The Morgan fingerprint density at radius 3 is 1.92 bits per heavy atom. The Balaban J connectivity index is 3.41. The molecule has 24 heavy (non-hydrogen) atoms. The molecule has 0 aliphatic rings. The third-order valence-corrected chi connectivity index (χ3v) is 3.48. The molecule has 0 spiro atoms. The highest BCUT2D eigenvalue weighted by molar-refractivity contribution is 6.37. The first kappa shape index (κ1) is 19.6. The van der Waals surface area contributed by atoms with Crippen LogP contribution in [0.1, 0.15) is 18.4 Å². The van der Waals surface area contributed by atoms with Crippen molar-refractivity contribution in [2.24, 2.45) is 5.92 Å². The van der Waals surface area contributed by atoms with Crippen LogP contribution >= 0.6 is 11.6 Å². The van der Waals surface area contributed by atoms with E-state index in [-0.39, 0.29) is 12.2 Å². The van der Waals surface area contributed by atoms with Gasteiger partial charge < -0.3 is 14.2 Å². The number of ether oxygens (including phenoxy) is 3. The smallest absolute Gasteiger partial charge is 0.375 e. The minimum absolute atomic E-state index is 0.0287. The van der Waals surface area contributed by atoms with Crippen LogP contribution in [0.25, 0.3) is 0 Å². The van der Waals surface area contributed by atoms with E-state index in [4.69, 9.17) is 11.6 Å². The van der Waals surface area contributed by atoms with Crippen LogP contribution < -0.4 is 0 Å². The van der Waals surface area contributed by atoms with E-state index in [1.54, 1.807) is 0 Å². The largest absolute Gasteiger partial charge is 0.468 e. The second-order valence-corrected chi connectivity index (χ2v) is 5.07. The first-order valence-corrected chi connectivity index (χ1v) is 7.37. The van der Waals surface area contributed by atoms with Crippen LogP contribution in [0.5, 0.6) is 0 Å². The summed E-state index contributed by atoms with van der Waals surface area (Å²) in [6.07, 6.45) is 0. The van der Waals surface area contributed by atoms with Crippen molar-refractivity contribution in [3.8, 4) is 0 Å². The molecule has 0 fully saturated rings. The van der Waals surface area contributed by atoms with Gasteiger partial charge in [0, 0.05) is 5.02 Å². The number of methoxy groups -OCH3 is 2. The molecule has 0 N–H and O–H groups in total. The normalized spacial score (nSPS) is 11.5. The van der Waals surface area contributed by atoms with E-state index in [2.05, 4.69) is 14.2 Å². The summed E-state index contributed by atoms with van der Waals surface area (Å²) in [5, 5.41) is 0.383. The lowest BCUT2D eigenvalue weighted by Crippen LogP contribution is -2.39. The van der Waals surface area contributed by atoms with Gasteiger partial charge in [0.15, 0.2) is 5.92 Å². The van der Waals surface area contributed by atoms with Crippen LogP contribution in [0, 0.1) is 5.92 Å². The van der Waals surface area contributed by atoms with Gasteiger partial charge in [0.25, 0.3) is 0 Å². The summed E-state index contributed by atoms with van der Waals surface area (Å²) in [4.78, 5) is 48.4. The minimum atomic E-state index is -1.64. The van der Waals surface area contributed by atoms with Gasteiger partial charge in [-0.15, -0.1) is 0 Å². The number of carbonyl (C=O) groups excluding carboxylic acids is 4. The fourth-order valence-corrected chi connectivity index (χ4v) is 2.24. The van der Waals surface area contributed by atoms with Gasteiger partial charge in [-0.25, -0.2) is 4.79 Å². The number of halogens is 1. The molecule has 0 bridgehead atoms. The molecule has 8 heteroatoms. The van der Waals surface area contributed by atoms with E-state index in [1.165, 1.54) is 31.2 Å². The van der Waals surface area contributed by atoms with Crippen molar-refractivity contribution in [3.63, 3.8) is 0 Å². The van der Waals surface area contributed by atoms with Gasteiger partial charge in [0.1, 0.15) is 0 Å². The molecule has 0 saturated carbocycles. The van der Waals surface area contributed by atoms with Crippen molar-refractivity contribution in [3.05, 3.63) is 34.9 Å². The van der Waals surface area contributed by atoms with Gasteiger partial charge in [-0.2, -0.15) is 0 Å². The number of benzene rings is 1. The third kappa shape index (κ3) is 4.55. The molecule has 130 valence electrons. The second-order valence-electron chi connectivity index (χ2n) is 4.64. The highest BCUT2D eigenvalue weighted by atomic mass is 35.5. The van der Waals surface area contributed by atoms with Crippen LogP contribution in [-0.4, -0.2) is 44.5 Å². The molecule has 0 aromatic heterocycles. The predicted octanol–water partition coefficient (Wildman–Crippen LogP) is 1.52.